The second-order valence-electron chi connectivity index (χ2n) is 6.78. The van der Waals surface area contributed by atoms with Crippen LogP contribution in [0.15, 0.2) is 52.8 Å². The number of carbonyl (C=O) groups excluding carboxylic acids is 3. The Morgan fingerprint density at radius 2 is 1.52 bits per heavy atom. The number of ether oxygens (including phenoxy) is 1. The molecule has 3 amide bonds. The molecule has 0 atom stereocenters. The molecule has 0 heterocycles. The largest absolute Gasteiger partial charge is 0.447 e. The molecule has 0 radical (unpaired) electrons. The minimum atomic E-state index is -0.931. The van der Waals surface area contributed by atoms with Gasteiger partial charge in [0.05, 0.1) is 12.1 Å². The average Bonchev–Trinajstić information content (AvgIpc) is 2.79. The van der Waals surface area contributed by atoms with Gasteiger partial charge in [0, 0.05) is 33.6 Å². The highest BCUT2D eigenvalue weighted by Crippen LogP contribution is 2.26. The molecule has 33 heavy (non-hydrogen) atoms. The number of rotatable bonds is 7. The molecular formula is C21H25N5O6S. The van der Waals surface area contributed by atoms with E-state index in [9.17, 15) is 14.4 Å². The first-order chi connectivity index (χ1) is 15.6. The molecule has 2 aromatic rings. The van der Waals surface area contributed by atoms with Crippen LogP contribution < -0.4 is 4.74 Å². The summed E-state index contributed by atoms with van der Waals surface area (Å²) >= 11 is 0.723. The lowest BCUT2D eigenvalue weighted by Crippen LogP contribution is -2.35. The number of oxime groups is 2. The highest BCUT2D eigenvalue weighted by atomic mass is 32.2. The van der Waals surface area contributed by atoms with Gasteiger partial charge in [-0.3, -0.25) is 9.63 Å². The molecule has 176 valence electrons. The lowest BCUT2D eigenvalue weighted by Gasteiger charge is -2.21. The van der Waals surface area contributed by atoms with Crippen LogP contribution in [-0.4, -0.2) is 78.3 Å². The van der Waals surface area contributed by atoms with E-state index in [4.69, 9.17) is 9.57 Å². The minimum absolute atomic E-state index is 0.120. The van der Waals surface area contributed by atoms with E-state index < -0.39 is 18.1 Å². The van der Waals surface area contributed by atoms with Gasteiger partial charge in [-0.2, -0.15) is 0 Å². The van der Waals surface area contributed by atoms with E-state index in [2.05, 4.69) is 15.1 Å². The molecule has 2 rings (SSSR count). The SMILES string of the molecule is CON=C(C)C(=NOC(=O)N(C)SN(C)C(=O)Oc1cccc2ccccc12)C(=O)N(C)C. The predicted octanol–water partition coefficient (Wildman–Crippen LogP) is 3.37. The molecule has 0 bridgehead atoms. The van der Waals surface area contributed by atoms with Crippen molar-refractivity contribution in [2.45, 2.75) is 6.92 Å². The number of hydrogen-bond acceptors (Lipinski definition) is 9. The number of nitrogens with zero attached hydrogens (tertiary/aromatic N) is 5. The minimum Gasteiger partial charge on any atom is -0.409 e. The van der Waals surface area contributed by atoms with Gasteiger partial charge in [0.2, 0.25) is 0 Å². The van der Waals surface area contributed by atoms with Gasteiger partial charge in [-0.1, -0.05) is 46.7 Å². The van der Waals surface area contributed by atoms with Gasteiger partial charge >= 0.3 is 12.2 Å². The highest BCUT2D eigenvalue weighted by molar-refractivity contribution is 7.95. The van der Waals surface area contributed by atoms with Gasteiger partial charge in [-0.25, -0.2) is 18.2 Å². The third kappa shape index (κ3) is 6.84. The summed E-state index contributed by atoms with van der Waals surface area (Å²) in [6, 6.07) is 12.8. The van der Waals surface area contributed by atoms with Gasteiger partial charge < -0.3 is 14.5 Å². The standard InChI is InChI=1S/C21H25N5O6S/c1-14(22-30-6)18(19(27)24(2)3)23-32-21(29)26(5)33-25(4)20(28)31-17-13-9-11-15-10-7-8-12-16(15)17/h7-13H,1-6H3. The van der Waals surface area contributed by atoms with Crippen LogP contribution in [0.3, 0.4) is 0 Å². The zero-order valence-corrected chi connectivity index (χ0v) is 20.0. The maximum Gasteiger partial charge on any atom is 0.447 e. The third-order valence-corrected chi connectivity index (χ3v) is 4.89. The van der Waals surface area contributed by atoms with Gasteiger partial charge in [0.1, 0.15) is 18.6 Å². The van der Waals surface area contributed by atoms with Crippen LogP contribution in [-0.2, 0) is 14.5 Å². The fraction of sp³-hybridized carbons (Fsp3) is 0.286. The first kappa shape index (κ1) is 25.5. The summed E-state index contributed by atoms with van der Waals surface area (Å²) in [5, 5.41) is 8.96. The fourth-order valence-electron chi connectivity index (χ4n) is 2.49. The zero-order valence-electron chi connectivity index (χ0n) is 19.1. The summed E-state index contributed by atoms with van der Waals surface area (Å²) in [7, 11) is 7.14. The monoisotopic (exact) mass is 475 g/mol. The molecule has 0 aliphatic carbocycles. The summed E-state index contributed by atoms with van der Waals surface area (Å²) in [5.74, 6) is -0.146. The Balaban J connectivity index is 2.03. The fourth-order valence-corrected chi connectivity index (χ4v) is 3.06. The summed E-state index contributed by atoms with van der Waals surface area (Å²) in [5.41, 5.74) is -0.0904. The zero-order chi connectivity index (χ0) is 24.5. The van der Waals surface area contributed by atoms with Crippen molar-refractivity contribution in [2.75, 3.05) is 35.3 Å². The molecule has 2 aromatic carbocycles. The van der Waals surface area contributed by atoms with Crippen molar-refractivity contribution in [1.29, 1.82) is 0 Å². The number of amides is 3. The first-order valence-electron chi connectivity index (χ1n) is 9.59. The van der Waals surface area contributed by atoms with E-state index in [-0.39, 0.29) is 11.4 Å². The quantitative estimate of drug-likeness (QED) is 0.261. The van der Waals surface area contributed by atoms with Crippen LogP contribution in [0, 0.1) is 0 Å². The highest BCUT2D eigenvalue weighted by Gasteiger charge is 2.23. The van der Waals surface area contributed by atoms with E-state index in [0.717, 1.165) is 31.5 Å². The van der Waals surface area contributed by atoms with Gasteiger partial charge in [-0.15, -0.1) is 0 Å². The second kappa shape index (κ2) is 11.7. The van der Waals surface area contributed by atoms with Crippen molar-refractivity contribution in [3.05, 3.63) is 42.5 Å². The van der Waals surface area contributed by atoms with Gasteiger partial charge in [0.25, 0.3) is 5.91 Å². The van der Waals surface area contributed by atoms with Crippen LogP contribution in [0.4, 0.5) is 9.59 Å². The summed E-state index contributed by atoms with van der Waals surface area (Å²) in [4.78, 5) is 47.8. The predicted molar refractivity (Wildman–Crippen MR) is 126 cm³/mol. The average molecular weight is 476 g/mol. The molecule has 0 saturated carbocycles. The Bertz CT molecular complexity index is 1080. The van der Waals surface area contributed by atoms with E-state index in [1.165, 1.54) is 47.1 Å². The van der Waals surface area contributed by atoms with Crippen molar-refractivity contribution >= 4 is 52.4 Å². The molecule has 0 aromatic heterocycles. The van der Waals surface area contributed by atoms with Gasteiger partial charge in [0.15, 0.2) is 5.71 Å². The normalized spacial score (nSPS) is 11.6. The van der Waals surface area contributed by atoms with Crippen molar-refractivity contribution in [2.24, 2.45) is 10.3 Å². The molecule has 0 aliphatic heterocycles. The summed E-state index contributed by atoms with van der Waals surface area (Å²) in [6.07, 6.45) is -1.63. The Morgan fingerprint density at radius 1 is 0.879 bits per heavy atom. The van der Waals surface area contributed by atoms with E-state index in [1.807, 2.05) is 30.3 Å². The van der Waals surface area contributed by atoms with Crippen LogP contribution in [0.1, 0.15) is 6.92 Å². The van der Waals surface area contributed by atoms with Crippen molar-refractivity contribution < 1.29 is 28.8 Å². The lowest BCUT2D eigenvalue weighted by molar-refractivity contribution is -0.121. The van der Waals surface area contributed by atoms with Gasteiger partial charge in [-0.05, 0) is 18.4 Å². The number of benzene rings is 2. The Labute approximate surface area is 195 Å². The number of fused-ring (bicyclic) bond motifs is 1. The van der Waals surface area contributed by atoms with Crippen molar-refractivity contribution in [3.8, 4) is 5.75 Å². The van der Waals surface area contributed by atoms with Crippen LogP contribution in [0.25, 0.3) is 10.8 Å². The molecule has 0 unspecified atom stereocenters. The van der Waals surface area contributed by atoms with E-state index in [0.29, 0.717) is 5.75 Å². The van der Waals surface area contributed by atoms with E-state index >= 15 is 0 Å². The molecule has 0 saturated heterocycles. The topological polar surface area (TPSA) is 113 Å². The molecule has 0 aliphatic rings. The van der Waals surface area contributed by atoms with Crippen LogP contribution in [0.2, 0.25) is 0 Å². The Kier molecular flexibility index (Phi) is 9.04. The van der Waals surface area contributed by atoms with Crippen LogP contribution >= 0.6 is 12.1 Å². The molecule has 11 nitrogen and oxygen atoms in total. The van der Waals surface area contributed by atoms with Crippen LogP contribution in [0.5, 0.6) is 5.75 Å². The third-order valence-electron chi connectivity index (χ3n) is 4.10. The molecule has 0 spiro atoms. The molecule has 0 N–H and O–H groups in total. The first-order valence-corrected chi connectivity index (χ1v) is 10.3. The lowest BCUT2D eigenvalue weighted by atomic mass is 10.1. The Hall–Kier alpha value is -3.80. The number of carbonyl (C=O) groups is 3. The summed E-state index contributed by atoms with van der Waals surface area (Å²) in [6.45, 7) is 1.48. The summed E-state index contributed by atoms with van der Waals surface area (Å²) < 4.78 is 7.58. The number of hydrogen-bond donors (Lipinski definition) is 0. The molecular weight excluding hydrogens is 450 g/mol. The maximum atomic E-state index is 12.5. The second-order valence-corrected chi connectivity index (χ2v) is 8.04. The van der Waals surface area contributed by atoms with Crippen molar-refractivity contribution in [3.63, 3.8) is 0 Å². The Morgan fingerprint density at radius 3 is 2.18 bits per heavy atom. The van der Waals surface area contributed by atoms with E-state index in [1.54, 1.807) is 12.1 Å². The molecule has 0 fully saturated rings. The maximum absolute atomic E-state index is 12.5. The van der Waals surface area contributed by atoms with Crippen molar-refractivity contribution in [1.82, 2.24) is 13.5 Å². The smallest absolute Gasteiger partial charge is 0.409 e. The molecule has 12 heteroatoms.